The van der Waals surface area contributed by atoms with Crippen molar-refractivity contribution in [3.05, 3.63) is 78.0 Å². The van der Waals surface area contributed by atoms with Crippen LogP contribution in [0.5, 0.6) is 0 Å². The minimum atomic E-state index is -3.62. The van der Waals surface area contributed by atoms with Gasteiger partial charge in [-0.1, -0.05) is 19.1 Å². The molecule has 7 nitrogen and oxygen atoms in total. The number of aromatic nitrogens is 1. The number of anilines is 1. The minimum Gasteiger partial charge on any atom is -0.322 e. The lowest BCUT2D eigenvalue weighted by Crippen LogP contribution is -2.55. The molecule has 2 atom stereocenters. The molecule has 1 saturated heterocycles. The van der Waals surface area contributed by atoms with E-state index in [-0.39, 0.29) is 22.9 Å². The largest absolute Gasteiger partial charge is 0.322 e. The minimum absolute atomic E-state index is 0.0821. The Morgan fingerprint density at radius 3 is 2.38 bits per heavy atom. The maximum atomic E-state index is 13.1. The van der Waals surface area contributed by atoms with Gasteiger partial charge >= 0.3 is 0 Å². The van der Waals surface area contributed by atoms with E-state index < -0.39 is 10.0 Å². The maximum absolute atomic E-state index is 13.1. The van der Waals surface area contributed by atoms with E-state index in [9.17, 15) is 13.2 Å². The topological polar surface area (TPSA) is 91.4 Å². The van der Waals surface area contributed by atoms with E-state index in [2.05, 4.69) is 22.5 Å². The highest BCUT2D eigenvalue weighted by molar-refractivity contribution is 7.89. The highest BCUT2D eigenvalue weighted by atomic mass is 32.2. The Bertz CT molecular complexity index is 1250. The number of sulfonamides is 1. The second kappa shape index (κ2) is 10.0. The summed E-state index contributed by atoms with van der Waals surface area (Å²) >= 11 is 0. The van der Waals surface area contributed by atoms with Crippen molar-refractivity contribution in [1.82, 2.24) is 14.6 Å². The van der Waals surface area contributed by atoms with Gasteiger partial charge in [0.05, 0.1) is 10.6 Å². The fourth-order valence-electron chi connectivity index (χ4n) is 4.33. The number of piperazine rings is 1. The molecule has 0 aliphatic carbocycles. The Labute approximate surface area is 201 Å². The molecule has 2 unspecified atom stereocenters. The summed E-state index contributed by atoms with van der Waals surface area (Å²) < 4.78 is 27.7. The van der Waals surface area contributed by atoms with Gasteiger partial charge in [-0.2, -0.15) is 4.31 Å². The van der Waals surface area contributed by atoms with Crippen molar-refractivity contribution in [3.8, 4) is 11.3 Å². The molecule has 4 rings (SSSR count). The maximum Gasteiger partial charge on any atom is 0.255 e. The molecule has 0 saturated carbocycles. The number of rotatable bonds is 6. The number of aryl methyl sites for hydroxylation is 1. The number of nitrogens with one attached hydrogen (secondary N) is 2. The summed E-state index contributed by atoms with van der Waals surface area (Å²) in [6.07, 6.45) is 2.60. The summed E-state index contributed by atoms with van der Waals surface area (Å²) in [5.74, 6) is -0.301. The van der Waals surface area contributed by atoms with E-state index in [0.717, 1.165) is 23.2 Å². The van der Waals surface area contributed by atoms with E-state index in [1.165, 1.54) is 16.4 Å². The SMILES string of the molecule is CCc1ccc(NC(=O)c2ccc(S(=O)(=O)N3CC(C)NC(C)C3)cc2)cc1-c1ccccn1. The van der Waals surface area contributed by atoms with Crippen molar-refractivity contribution in [2.75, 3.05) is 18.4 Å². The van der Waals surface area contributed by atoms with Gasteiger partial charge in [-0.25, -0.2) is 8.42 Å². The van der Waals surface area contributed by atoms with Crippen LogP contribution in [-0.2, 0) is 16.4 Å². The van der Waals surface area contributed by atoms with E-state index in [1.807, 2.05) is 50.2 Å². The Kier molecular flexibility index (Phi) is 7.11. The number of nitrogens with zero attached hydrogens (tertiary/aromatic N) is 2. The van der Waals surface area contributed by atoms with Crippen LogP contribution in [0.25, 0.3) is 11.3 Å². The molecule has 0 radical (unpaired) electrons. The predicted octanol–water partition coefficient (Wildman–Crippen LogP) is 3.93. The van der Waals surface area contributed by atoms with Crippen molar-refractivity contribution in [1.29, 1.82) is 0 Å². The zero-order chi connectivity index (χ0) is 24.3. The fraction of sp³-hybridized carbons (Fsp3) is 0.308. The number of pyridine rings is 1. The molecule has 34 heavy (non-hydrogen) atoms. The number of carbonyl (C=O) groups excluding carboxylic acids is 1. The molecular formula is C26H30N4O3S. The van der Waals surface area contributed by atoms with Crippen LogP contribution in [0.2, 0.25) is 0 Å². The predicted molar refractivity (Wildman–Crippen MR) is 134 cm³/mol. The summed E-state index contributed by atoms with van der Waals surface area (Å²) in [7, 11) is -3.62. The second-order valence-electron chi connectivity index (χ2n) is 8.71. The molecule has 1 fully saturated rings. The third kappa shape index (κ3) is 5.19. The number of hydrogen-bond donors (Lipinski definition) is 2. The Morgan fingerprint density at radius 2 is 1.76 bits per heavy atom. The van der Waals surface area contributed by atoms with Crippen LogP contribution >= 0.6 is 0 Å². The first-order valence-electron chi connectivity index (χ1n) is 11.5. The lowest BCUT2D eigenvalue weighted by atomic mass is 10.0. The number of amides is 1. The van der Waals surface area contributed by atoms with Crippen LogP contribution in [0.1, 0.15) is 36.7 Å². The van der Waals surface area contributed by atoms with Gasteiger partial charge in [-0.05, 0) is 74.4 Å². The van der Waals surface area contributed by atoms with Gasteiger partial charge < -0.3 is 10.6 Å². The Hall–Kier alpha value is -3.07. The van der Waals surface area contributed by atoms with Crippen molar-refractivity contribution < 1.29 is 13.2 Å². The lowest BCUT2D eigenvalue weighted by Gasteiger charge is -2.35. The first-order valence-corrected chi connectivity index (χ1v) is 12.9. The summed E-state index contributed by atoms with van der Waals surface area (Å²) in [6.45, 7) is 6.86. The molecule has 1 amide bonds. The molecule has 2 aromatic carbocycles. The third-order valence-electron chi connectivity index (χ3n) is 5.97. The van der Waals surface area contributed by atoms with E-state index in [0.29, 0.717) is 24.3 Å². The zero-order valence-corrected chi connectivity index (χ0v) is 20.5. The van der Waals surface area contributed by atoms with Crippen LogP contribution in [0.4, 0.5) is 5.69 Å². The second-order valence-corrected chi connectivity index (χ2v) is 10.6. The first kappa shape index (κ1) is 24.1. The Balaban J connectivity index is 1.51. The van der Waals surface area contributed by atoms with Crippen LogP contribution in [0.15, 0.2) is 71.8 Å². The monoisotopic (exact) mass is 478 g/mol. The van der Waals surface area contributed by atoms with Gasteiger partial charge in [0.1, 0.15) is 0 Å². The van der Waals surface area contributed by atoms with Crippen molar-refractivity contribution in [3.63, 3.8) is 0 Å². The van der Waals surface area contributed by atoms with Crippen LogP contribution in [-0.4, -0.2) is 48.8 Å². The van der Waals surface area contributed by atoms with E-state index >= 15 is 0 Å². The van der Waals surface area contributed by atoms with Gasteiger partial charge in [0.25, 0.3) is 5.91 Å². The van der Waals surface area contributed by atoms with E-state index in [1.54, 1.807) is 18.3 Å². The van der Waals surface area contributed by atoms with Gasteiger partial charge in [-0.3, -0.25) is 9.78 Å². The normalized spacial score (nSPS) is 19.0. The average Bonchev–Trinajstić information content (AvgIpc) is 2.84. The summed E-state index contributed by atoms with van der Waals surface area (Å²) in [5, 5.41) is 6.26. The molecule has 1 aliphatic rings. The molecule has 2 heterocycles. The standard InChI is InChI=1S/C26H30N4O3S/c1-4-20-8-11-22(15-24(20)25-7-5-6-14-27-25)29-26(31)21-9-12-23(13-10-21)34(32,33)30-16-18(2)28-19(3)17-30/h5-15,18-19,28H,4,16-17H2,1-3H3,(H,29,31). The molecule has 2 N–H and O–H groups in total. The molecule has 1 aromatic heterocycles. The summed E-state index contributed by atoms with van der Waals surface area (Å²) in [5.41, 5.74) is 4.01. The molecular weight excluding hydrogens is 448 g/mol. The van der Waals surface area contributed by atoms with Crippen LogP contribution in [0.3, 0.4) is 0 Å². The number of carbonyl (C=O) groups is 1. The summed E-state index contributed by atoms with van der Waals surface area (Å²) in [4.78, 5) is 17.5. The highest BCUT2D eigenvalue weighted by Crippen LogP contribution is 2.26. The molecule has 3 aromatic rings. The van der Waals surface area contributed by atoms with Crippen LogP contribution in [0, 0.1) is 0 Å². The fourth-order valence-corrected chi connectivity index (χ4v) is 5.94. The van der Waals surface area contributed by atoms with Gasteiger partial charge in [0.15, 0.2) is 0 Å². The van der Waals surface area contributed by atoms with E-state index in [4.69, 9.17) is 0 Å². The number of hydrogen-bond acceptors (Lipinski definition) is 5. The van der Waals surface area contributed by atoms with Crippen molar-refractivity contribution >= 4 is 21.6 Å². The molecule has 0 bridgehead atoms. The first-order chi connectivity index (χ1) is 16.3. The molecule has 1 aliphatic heterocycles. The van der Waals surface area contributed by atoms with Crippen molar-refractivity contribution in [2.45, 2.75) is 44.2 Å². The average molecular weight is 479 g/mol. The summed E-state index contributed by atoms with van der Waals surface area (Å²) in [6, 6.07) is 17.8. The van der Waals surface area contributed by atoms with Gasteiger partial charge in [0, 0.05) is 48.2 Å². The number of benzene rings is 2. The smallest absolute Gasteiger partial charge is 0.255 e. The highest BCUT2D eigenvalue weighted by Gasteiger charge is 2.31. The molecule has 0 spiro atoms. The zero-order valence-electron chi connectivity index (χ0n) is 19.7. The van der Waals surface area contributed by atoms with Gasteiger partial charge in [-0.15, -0.1) is 0 Å². The lowest BCUT2D eigenvalue weighted by molar-refractivity contribution is 0.102. The molecule has 178 valence electrons. The third-order valence-corrected chi connectivity index (χ3v) is 7.81. The quantitative estimate of drug-likeness (QED) is 0.560. The van der Waals surface area contributed by atoms with Crippen LogP contribution < -0.4 is 10.6 Å². The Morgan fingerprint density at radius 1 is 1.06 bits per heavy atom. The molecule has 8 heteroatoms. The van der Waals surface area contributed by atoms with Gasteiger partial charge in [0.2, 0.25) is 10.0 Å². The van der Waals surface area contributed by atoms with Crippen molar-refractivity contribution in [2.24, 2.45) is 0 Å².